The minimum Gasteiger partial charge on any atom is -0.356 e. The van der Waals surface area contributed by atoms with E-state index in [4.69, 9.17) is 0 Å². The quantitative estimate of drug-likeness (QED) is 0.875. The molecule has 0 radical (unpaired) electrons. The van der Waals surface area contributed by atoms with Crippen molar-refractivity contribution in [3.8, 4) is 0 Å². The third-order valence-electron chi connectivity index (χ3n) is 4.52. The average molecular weight is 290 g/mol. The van der Waals surface area contributed by atoms with Gasteiger partial charge in [0.1, 0.15) is 5.82 Å². The van der Waals surface area contributed by atoms with Crippen LogP contribution >= 0.6 is 0 Å². The van der Waals surface area contributed by atoms with E-state index in [1.165, 1.54) is 0 Å². The molecule has 2 saturated heterocycles. The Morgan fingerprint density at radius 1 is 1.29 bits per heavy atom. The van der Waals surface area contributed by atoms with Crippen LogP contribution in [0.2, 0.25) is 0 Å². The van der Waals surface area contributed by atoms with Crippen molar-refractivity contribution in [2.45, 2.75) is 38.4 Å². The molecule has 6 heteroatoms. The zero-order chi connectivity index (χ0) is 15.1. The molecular formula is C15H22N4O2. The number of urea groups is 1. The van der Waals surface area contributed by atoms with E-state index in [9.17, 15) is 9.59 Å². The number of aromatic nitrogens is 1. The molecule has 0 aliphatic carbocycles. The van der Waals surface area contributed by atoms with Crippen molar-refractivity contribution < 1.29 is 4.79 Å². The highest BCUT2D eigenvalue weighted by molar-refractivity contribution is 5.78. The van der Waals surface area contributed by atoms with Gasteiger partial charge in [0, 0.05) is 32.2 Å². The van der Waals surface area contributed by atoms with Crippen molar-refractivity contribution in [1.82, 2.24) is 14.8 Å². The molecule has 0 saturated carbocycles. The maximum absolute atomic E-state index is 12.1. The summed E-state index contributed by atoms with van der Waals surface area (Å²) >= 11 is 0. The zero-order valence-corrected chi connectivity index (χ0v) is 12.7. The average Bonchev–Trinajstić information content (AvgIpc) is 2.76. The Kier molecular flexibility index (Phi) is 3.39. The first-order chi connectivity index (χ1) is 9.99. The van der Waals surface area contributed by atoms with Crippen LogP contribution in [0.3, 0.4) is 0 Å². The number of amides is 2. The van der Waals surface area contributed by atoms with E-state index in [2.05, 4.69) is 24.1 Å². The molecule has 3 heterocycles. The van der Waals surface area contributed by atoms with Gasteiger partial charge in [-0.15, -0.1) is 0 Å². The summed E-state index contributed by atoms with van der Waals surface area (Å²) in [5.41, 5.74) is -0.00566. The zero-order valence-electron chi connectivity index (χ0n) is 12.7. The van der Waals surface area contributed by atoms with Gasteiger partial charge < -0.3 is 15.1 Å². The molecule has 0 unspecified atom stereocenters. The van der Waals surface area contributed by atoms with Crippen molar-refractivity contribution in [3.05, 3.63) is 28.6 Å². The van der Waals surface area contributed by atoms with Gasteiger partial charge in [-0.05, 0) is 26.3 Å². The minimum atomic E-state index is -0.00566. The predicted octanol–water partition coefficient (Wildman–Crippen LogP) is 0.766. The Morgan fingerprint density at radius 3 is 2.76 bits per heavy atom. The molecule has 114 valence electrons. The van der Waals surface area contributed by atoms with Crippen molar-refractivity contribution in [3.63, 3.8) is 0 Å². The lowest BCUT2D eigenvalue weighted by atomic mass is 9.99. The SMILES string of the molecule is CC(C)N1C(=O)N[C@@H]2CN(c3cccc(=O)n3C)CC[C@@H]21. The highest BCUT2D eigenvalue weighted by atomic mass is 16.2. The summed E-state index contributed by atoms with van der Waals surface area (Å²) in [7, 11) is 1.79. The van der Waals surface area contributed by atoms with Crippen LogP contribution in [0, 0.1) is 0 Å². The molecule has 2 aliphatic heterocycles. The lowest BCUT2D eigenvalue weighted by molar-refractivity contribution is 0.175. The number of nitrogens with zero attached hydrogens (tertiary/aromatic N) is 3. The molecule has 1 N–H and O–H groups in total. The summed E-state index contributed by atoms with van der Waals surface area (Å²) in [6.07, 6.45) is 0.921. The van der Waals surface area contributed by atoms with E-state index in [1.54, 1.807) is 23.7 Å². The molecule has 21 heavy (non-hydrogen) atoms. The van der Waals surface area contributed by atoms with E-state index in [0.29, 0.717) is 0 Å². The summed E-state index contributed by atoms with van der Waals surface area (Å²) in [5, 5.41) is 3.08. The molecule has 3 rings (SSSR count). The fourth-order valence-electron chi connectivity index (χ4n) is 3.49. The van der Waals surface area contributed by atoms with Gasteiger partial charge in [0.2, 0.25) is 0 Å². The first-order valence-corrected chi connectivity index (χ1v) is 7.49. The van der Waals surface area contributed by atoms with E-state index >= 15 is 0 Å². The fraction of sp³-hybridized carbons (Fsp3) is 0.600. The molecule has 2 fully saturated rings. The van der Waals surface area contributed by atoms with Crippen LogP contribution in [0.4, 0.5) is 10.6 Å². The minimum absolute atomic E-state index is 0.00566. The Labute approximate surface area is 124 Å². The number of nitrogens with one attached hydrogen (secondary N) is 1. The van der Waals surface area contributed by atoms with Crippen LogP contribution in [0.1, 0.15) is 20.3 Å². The Balaban J connectivity index is 1.82. The van der Waals surface area contributed by atoms with Gasteiger partial charge in [-0.3, -0.25) is 9.36 Å². The highest BCUT2D eigenvalue weighted by Crippen LogP contribution is 2.27. The maximum atomic E-state index is 12.1. The van der Waals surface area contributed by atoms with Gasteiger partial charge in [-0.25, -0.2) is 4.79 Å². The lowest BCUT2D eigenvalue weighted by Gasteiger charge is -2.39. The molecule has 0 bridgehead atoms. The second kappa shape index (κ2) is 5.09. The standard InChI is InChI=1S/C15H22N4O2/c1-10(2)19-12-7-8-18(9-11(12)16-15(19)21)13-5-4-6-14(20)17(13)3/h4-6,10-12H,7-9H2,1-3H3,(H,16,21)/t11-,12+/m1/s1. The number of piperidine rings is 1. The van der Waals surface area contributed by atoms with Crippen LogP contribution < -0.4 is 15.8 Å². The Morgan fingerprint density at radius 2 is 2.05 bits per heavy atom. The number of pyridine rings is 1. The smallest absolute Gasteiger partial charge is 0.318 e. The first kappa shape index (κ1) is 14.0. The molecule has 2 amide bonds. The number of hydrogen-bond acceptors (Lipinski definition) is 3. The number of hydrogen-bond donors (Lipinski definition) is 1. The second-order valence-electron chi connectivity index (χ2n) is 6.14. The van der Waals surface area contributed by atoms with E-state index in [-0.39, 0.29) is 29.7 Å². The first-order valence-electron chi connectivity index (χ1n) is 7.49. The maximum Gasteiger partial charge on any atom is 0.318 e. The molecule has 2 atom stereocenters. The normalized spacial score (nSPS) is 25.2. The summed E-state index contributed by atoms with van der Waals surface area (Å²) in [6.45, 7) is 5.71. The van der Waals surface area contributed by atoms with Crippen molar-refractivity contribution in [2.24, 2.45) is 7.05 Å². The predicted molar refractivity (Wildman–Crippen MR) is 81.6 cm³/mol. The number of carbonyl (C=O) groups is 1. The van der Waals surface area contributed by atoms with Crippen LogP contribution in [0.5, 0.6) is 0 Å². The highest BCUT2D eigenvalue weighted by Gasteiger charge is 2.43. The van der Waals surface area contributed by atoms with Gasteiger partial charge >= 0.3 is 6.03 Å². The molecule has 2 aliphatic rings. The largest absolute Gasteiger partial charge is 0.356 e. The van der Waals surface area contributed by atoms with Gasteiger partial charge in [0.05, 0.1) is 12.1 Å². The van der Waals surface area contributed by atoms with E-state index < -0.39 is 0 Å². The monoisotopic (exact) mass is 290 g/mol. The third kappa shape index (κ3) is 2.28. The van der Waals surface area contributed by atoms with Crippen molar-refractivity contribution in [2.75, 3.05) is 18.0 Å². The summed E-state index contributed by atoms with van der Waals surface area (Å²) in [5.74, 6) is 0.915. The summed E-state index contributed by atoms with van der Waals surface area (Å²) in [6, 6.07) is 5.94. The van der Waals surface area contributed by atoms with E-state index in [1.807, 2.05) is 11.0 Å². The van der Waals surface area contributed by atoms with Crippen LogP contribution in [0.15, 0.2) is 23.0 Å². The molecular weight excluding hydrogens is 268 g/mol. The van der Waals surface area contributed by atoms with Gasteiger partial charge in [0.25, 0.3) is 5.56 Å². The van der Waals surface area contributed by atoms with Gasteiger partial charge in [0.15, 0.2) is 0 Å². The molecule has 1 aromatic rings. The van der Waals surface area contributed by atoms with Crippen LogP contribution in [-0.4, -0.2) is 46.7 Å². The third-order valence-corrected chi connectivity index (χ3v) is 4.52. The van der Waals surface area contributed by atoms with Gasteiger partial charge in [-0.1, -0.05) is 6.07 Å². The molecule has 0 aromatic carbocycles. The fourth-order valence-corrected chi connectivity index (χ4v) is 3.49. The second-order valence-corrected chi connectivity index (χ2v) is 6.14. The van der Waals surface area contributed by atoms with Crippen molar-refractivity contribution in [1.29, 1.82) is 0 Å². The molecule has 1 aromatic heterocycles. The molecule has 0 spiro atoms. The summed E-state index contributed by atoms with van der Waals surface area (Å²) in [4.78, 5) is 28.0. The number of carbonyl (C=O) groups excluding carboxylic acids is 1. The van der Waals surface area contributed by atoms with Crippen molar-refractivity contribution >= 4 is 11.8 Å². The van der Waals surface area contributed by atoms with Crippen LogP contribution in [0.25, 0.3) is 0 Å². The number of fused-ring (bicyclic) bond motifs is 1. The Hall–Kier alpha value is -1.98. The molecule has 6 nitrogen and oxygen atoms in total. The summed E-state index contributed by atoms with van der Waals surface area (Å²) < 4.78 is 1.66. The van der Waals surface area contributed by atoms with E-state index in [0.717, 1.165) is 25.3 Å². The topological polar surface area (TPSA) is 57.6 Å². The number of anilines is 1. The van der Waals surface area contributed by atoms with Crippen LogP contribution in [-0.2, 0) is 7.05 Å². The lowest BCUT2D eigenvalue weighted by Crippen LogP contribution is -2.53. The Bertz CT molecular complexity index is 610. The number of rotatable bonds is 2. The van der Waals surface area contributed by atoms with Gasteiger partial charge in [-0.2, -0.15) is 0 Å².